The fourth-order valence-corrected chi connectivity index (χ4v) is 4.76. The Morgan fingerprint density at radius 1 is 0.875 bits per heavy atom. The Morgan fingerprint density at radius 2 is 1.57 bits per heavy atom. The van der Waals surface area contributed by atoms with E-state index in [1.54, 1.807) is 13.2 Å². The molecule has 212 valence electrons. The minimum Gasteiger partial charge on any atom is -0.495 e. The highest BCUT2D eigenvalue weighted by Gasteiger charge is 2.24. The van der Waals surface area contributed by atoms with Gasteiger partial charge in [0.15, 0.2) is 0 Å². The molecule has 0 saturated carbocycles. The maximum Gasteiger partial charge on any atom is 0.323 e. The first-order valence-electron chi connectivity index (χ1n) is 13.8. The molecule has 1 aliphatic rings. The van der Waals surface area contributed by atoms with E-state index in [-0.39, 0.29) is 11.9 Å². The fraction of sp³-hybridized carbons (Fsp3) is 0.355. The van der Waals surface area contributed by atoms with E-state index in [4.69, 9.17) is 9.47 Å². The summed E-state index contributed by atoms with van der Waals surface area (Å²) < 4.78 is 11.0. The summed E-state index contributed by atoms with van der Waals surface area (Å²) in [6, 6.07) is 20.7. The van der Waals surface area contributed by atoms with Gasteiger partial charge in [-0.15, -0.1) is 0 Å². The van der Waals surface area contributed by atoms with E-state index < -0.39 is 0 Å². The van der Waals surface area contributed by atoms with Crippen LogP contribution in [-0.2, 0) is 4.74 Å². The minimum atomic E-state index is -0.365. The molecule has 0 aliphatic carbocycles. The molecule has 0 spiro atoms. The number of hydrogen-bond donors (Lipinski definition) is 3. The van der Waals surface area contributed by atoms with Gasteiger partial charge in [-0.25, -0.2) is 4.79 Å². The van der Waals surface area contributed by atoms with Crippen molar-refractivity contribution in [3.8, 4) is 5.75 Å². The van der Waals surface area contributed by atoms with Crippen LogP contribution in [0.2, 0.25) is 0 Å². The number of hydrogen-bond acceptors (Lipinski definition) is 6. The summed E-state index contributed by atoms with van der Waals surface area (Å²) in [5.41, 5.74) is 4.67. The van der Waals surface area contributed by atoms with Gasteiger partial charge < -0.3 is 35.2 Å². The second kappa shape index (κ2) is 14.2. The lowest BCUT2D eigenvalue weighted by Crippen LogP contribution is -2.47. The first kappa shape index (κ1) is 28.8. The molecule has 9 heteroatoms. The summed E-state index contributed by atoms with van der Waals surface area (Å²) in [4.78, 5) is 30.6. The average molecular weight is 546 g/mol. The van der Waals surface area contributed by atoms with Gasteiger partial charge in [0.2, 0.25) is 0 Å². The molecule has 3 amide bonds. The number of ether oxygens (including phenoxy) is 2. The van der Waals surface area contributed by atoms with Gasteiger partial charge in [0, 0.05) is 63.0 Å². The standard InChI is InChI=1S/C31H39N5O4/c1-4-40-21-9-16-32-30(37)25-22-24(33-31(38)34-26-11-6-5-10-23(26)2)14-15-27(25)35-17-19-36(20-18-35)28-12-7-8-13-29(28)39-3/h5-8,10-15,22H,4,9,16-21H2,1-3H3,(H,32,37)(H2,33,34,38). The maximum absolute atomic E-state index is 13.3. The molecular formula is C31H39N5O4. The highest BCUT2D eigenvalue weighted by Crippen LogP contribution is 2.31. The van der Waals surface area contributed by atoms with Gasteiger partial charge >= 0.3 is 6.03 Å². The summed E-state index contributed by atoms with van der Waals surface area (Å²) in [6.07, 6.45) is 0.725. The van der Waals surface area contributed by atoms with Gasteiger partial charge in [0.25, 0.3) is 5.91 Å². The number of benzene rings is 3. The molecule has 0 atom stereocenters. The third-order valence-electron chi connectivity index (χ3n) is 6.89. The number of methoxy groups -OCH3 is 1. The van der Waals surface area contributed by atoms with Crippen molar-refractivity contribution in [1.29, 1.82) is 0 Å². The lowest BCUT2D eigenvalue weighted by atomic mass is 10.1. The van der Waals surface area contributed by atoms with Gasteiger partial charge in [-0.3, -0.25) is 4.79 Å². The van der Waals surface area contributed by atoms with Gasteiger partial charge in [-0.2, -0.15) is 0 Å². The van der Waals surface area contributed by atoms with Crippen molar-refractivity contribution in [2.75, 3.05) is 73.5 Å². The lowest BCUT2D eigenvalue weighted by molar-refractivity contribution is 0.0944. The molecule has 0 radical (unpaired) electrons. The van der Waals surface area contributed by atoms with E-state index >= 15 is 0 Å². The minimum absolute atomic E-state index is 0.179. The molecule has 3 aromatic carbocycles. The normalized spacial score (nSPS) is 13.1. The van der Waals surface area contributed by atoms with Crippen LogP contribution in [0, 0.1) is 6.92 Å². The summed E-state index contributed by atoms with van der Waals surface area (Å²) in [6.45, 7) is 8.69. The quantitative estimate of drug-likeness (QED) is 0.289. The van der Waals surface area contributed by atoms with Crippen molar-refractivity contribution in [3.63, 3.8) is 0 Å². The smallest absolute Gasteiger partial charge is 0.323 e. The van der Waals surface area contributed by atoms with Gasteiger partial charge in [0.1, 0.15) is 5.75 Å². The number of para-hydroxylation sites is 3. The third kappa shape index (κ3) is 7.45. The highest BCUT2D eigenvalue weighted by atomic mass is 16.5. The molecule has 40 heavy (non-hydrogen) atoms. The number of carbonyl (C=O) groups excluding carboxylic acids is 2. The molecular weight excluding hydrogens is 506 g/mol. The number of nitrogens with one attached hydrogen (secondary N) is 3. The van der Waals surface area contributed by atoms with Crippen molar-refractivity contribution in [2.45, 2.75) is 20.3 Å². The second-order valence-corrected chi connectivity index (χ2v) is 9.58. The number of anilines is 4. The van der Waals surface area contributed by atoms with Gasteiger partial charge in [0.05, 0.1) is 18.4 Å². The molecule has 9 nitrogen and oxygen atoms in total. The second-order valence-electron chi connectivity index (χ2n) is 9.58. The monoisotopic (exact) mass is 545 g/mol. The van der Waals surface area contributed by atoms with E-state index in [1.807, 2.05) is 68.4 Å². The topological polar surface area (TPSA) is 95.2 Å². The Bertz CT molecular complexity index is 1290. The van der Waals surface area contributed by atoms with Crippen molar-refractivity contribution >= 4 is 34.7 Å². The van der Waals surface area contributed by atoms with Crippen LogP contribution < -0.4 is 30.5 Å². The van der Waals surface area contributed by atoms with Crippen LogP contribution in [-0.4, -0.2) is 65.0 Å². The number of nitrogens with zero attached hydrogens (tertiary/aromatic N) is 2. The zero-order valence-corrected chi connectivity index (χ0v) is 23.5. The average Bonchev–Trinajstić information content (AvgIpc) is 2.98. The zero-order chi connectivity index (χ0) is 28.3. The molecule has 0 aromatic heterocycles. The molecule has 3 aromatic rings. The van der Waals surface area contributed by atoms with Crippen LogP contribution in [0.3, 0.4) is 0 Å². The highest BCUT2D eigenvalue weighted by molar-refractivity contribution is 6.04. The van der Waals surface area contributed by atoms with Crippen molar-refractivity contribution < 1.29 is 19.1 Å². The lowest BCUT2D eigenvalue weighted by Gasteiger charge is -2.38. The van der Waals surface area contributed by atoms with E-state index in [2.05, 4.69) is 31.8 Å². The SMILES string of the molecule is CCOCCCNC(=O)c1cc(NC(=O)Nc2ccccc2C)ccc1N1CCN(c2ccccc2OC)CC1. The third-order valence-corrected chi connectivity index (χ3v) is 6.89. The Hall–Kier alpha value is -4.24. The van der Waals surface area contributed by atoms with E-state index in [0.717, 1.165) is 61.0 Å². The molecule has 3 N–H and O–H groups in total. The van der Waals surface area contributed by atoms with Crippen LogP contribution in [0.25, 0.3) is 0 Å². The molecule has 1 aliphatic heterocycles. The fourth-order valence-electron chi connectivity index (χ4n) is 4.76. The number of aryl methyl sites for hydroxylation is 1. The van der Waals surface area contributed by atoms with Crippen LogP contribution in [0.4, 0.5) is 27.5 Å². The van der Waals surface area contributed by atoms with Crippen LogP contribution in [0.15, 0.2) is 66.7 Å². The van der Waals surface area contributed by atoms with Crippen molar-refractivity contribution in [2.24, 2.45) is 0 Å². The predicted molar refractivity (Wildman–Crippen MR) is 161 cm³/mol. The van der Waals surface area contributed by atoms with E-state index in [0.29, 0.717) is 31.0 Å². The number of amides is 3. The van der Waals surface area contributed by atoms with Gasteiger partial charge in [-0.05, 0) is 62.2 Å². The van der Waals surface area contributed by atoms with Crippen LogP contribution in [0.1, 0.15) is 29.3 Å². The summed E-state index contributed by atoms with van der Waals surface area (Å²) in [7, 11) is 1.69. The van der Waals surface area contributed by atoms with Crippen LogP contribution in [0.5, 0.6) is 5.75 Å². The molecule has 1 fully saturated rings. The first-order chi connectivity index (χ1) is 19.5. The predicted octanol–water partition coefficient (Wildman–Crippen LogP) is 5.13. The van der Waals surface area contributed by atoms with Crippen molar-refractivity contribution in [1.82, 2.24) is 5.32 Å². The first-order valence-corrected chi connectivity index (χ1v) is 13.8. The Morgan fingerprint density at radius 3 is 2.30 bits per heavy atom. The van der Waals surface area contributed by atoms with Crippen LogP contribution >= 0.6 is 0 Å². The van der Waals surface area contributed by atoms with E-state index in [9.17, 15) is 9.59 Å². The maximum atomic E-state index is 13.3. The van der Waals surface area contributed by atoms with Gasteiger partial charge in [-0.1, -0.05) is 30.3 Å². The molecule has 4 rings (SSSR count). The molecule has 1 saturated heterocycles. The summed E-state index contributed by atoms with van der Waals surface area (Å²) in [5.74, 6) is 0.670. The number of rotatable bonds is 11. The Labute approximate surface area is 236 Å². The zero-order valence-electron chi connectivity index (χ0n) is 23.5. The molecule has 1 heterocycles. The summed E-state index contributed by atoms with van der Waals surface area (Å²) >= 11 is 0. The Kier molecular flexibility index (Phi) is 10.2. The summed E-state index contributed by atoms with van der Waals surface area (Å²) in [5, 5.41) is 8.77. The number of piperazine rings is 1. The Balaban J connectivity index is 1.49. The number of carbonyl (C=O) groups is 2. The number of urea groups is 1. The van der Waals surface area contributed by atoms with Crippen molar-refractivity contribution in [3.05, 3.63) is 77.9 Å². The largest absolute Gasteiger partial charge is 0.495 e. The molecule has 0 unspecified atom stereocenters. The molecule has 0 bridgehead atoms. The van der Waals surface area contributed by atoms with E-state index in [1.165, 1.54) is 0 Å².